The number of anilines is 1. The van der Waals surface area contributed by atoms with Gasteiger partial charge in [-0.05, 0) is 26.0 Å². The zero-order valence-electron chi connectivity index (χ0n) is 10.7. The first-order chi connectivity index (χ1) is 8.60. The first-order valence-corrected chi connectivity index (χ1v) is 6.54. The van der Waals surface area contributed by atoms with Gasteiger partial charge in [0, 0.05) is 32.2 Å². The molecule has 0 amide bonds. The molecule has 0 aromatic carbocycles. The summed E-state index contributed by atoms with van der Waals surface area (Å²) in [6, 6.07) is 6.09. The molecule has 18 heavy (non-hydrogen) atoms. The van der Waals surface area contributed by atoms with Crippen molar-refractivity contribution in [3.8, 4) is 6.07 Å². The van der Waals surface area contributed by atoms with Crippen LogP contribution in [0.25, 0.3) is 0 Å². The molecule has 0 saturated carbocycles. The summed E-state index contributed by atoms with van der Waals surface area (Å²) in [5, 5.41) is 9.32. The smallest absolute Gasteiger partial charge is 0.132 e. The van der Waals surface area contributed by atoms with Crippen molar-refractivity contribution in [3.05, 3.63) is 22.8 Å². The van der Waals surface area contributed by atoms with E-state index in [1.807, 2.05) is 0 Å². The number of hydrogen-bond donors (Lipinski definition) is 0. The molecule has 0 radical (unpaired) electrons. The topological polar surface area (TPSA) is 43.2 Å². The van der Waals surface area contributed by atoms with Gasteiger partial charge in [0.05, 0.1) is 11.6 Å². The lowest BCUT2D eigenvalue weighted by atomic mass is 10.2. The van der Waals surface area contributed by atoms with E-state index in [0.29, 0.717) is 16.8 Å². The van der Waals surface area contributed by atoms with Gasteiger partial charge in [-0.25, -0.2) is 4.98 Å². The Bertz CT molecular complexity index is 459. The van der Waals surface area contributed by atoms with Gasteiger partial charge in [-0.3, -0.25) is 4.90 Å². The molecule has 2 heterocycles. The van der Waals surface area contributed by atoms with E-state index >= 15 is 0 Å². The monoisotopic (exact) mass is 264 g/mol. The number of rotatable bonds is 2. The minimum atomic E-state index is 0.385. The van der Waals surface area contributed by atoms with Crippen LogP contribution in [-0.4, -0.2) is 42.1 Å². The van der Waals surface area contributed by atoms with Gasteiger partial charge >= 0.3 is 0 Å². The zero-order chi connectivity index (χ0) is 13.1. The highest BCUT2D eigenvalue weighted by Gasteiger charge is 2.20. The Morgan fingerprint density at radius 3 is 2.50 bits per heavy atom. The number of nitrogens with zero attached hydrogens (tertiary/aromatic N) is 4. The van der Waals surface area contributed by atoms with Crippen molar-refractivity contribution in [2.24, 2.45) is 0 Å². The Morgan fingerprint density at radius 2 is 1.94 bits per heavy atom. The second-order valence-corrected chi connectivity index (χ2v) is 5.15. The van der Waals surface area contributed by atoms with Crippen LogP contribution in [0.2, 0.25) is 5.15 Å². The Kier molecular flexibility index (Phi) is 4.05. The van der Waals surface area contributed by atoms with E-state index in [1.165, 1.54) is 0 Å². The molecule has 0 unspecified atom stereocenters. The fourth-order valence-electron chi connectivity index (χ4n) is 2.18. The lowest BCUT2D eigenvalue weighted by Crippen LogP contribution is -2.49. The van der Waals surface area contributed by atoms with Crippen molar-refractivity contribution in [1.82, 2.24) is 9.88 Å². The number of aromatic nitrogens is 1. The molecule has 0 N–H and O–H groups in total. The molecule has 1 aromatic rings. The molecule has 5 heteroatoms. The number of nitriles is 1. The van der Waals surface area contributed by atoms with Gasteiger partial charge in [0.25, 0.3) is 0 Å². The summed E-state index contributed by atoms with van der Waals surface area (Å²) in [6.45, 7) is 8.32. The van der Waals surface area contributed by atoms with E-state index in [9.17, 15) is 0 Å². The van der Waals surface area contributed by atoms with Crippen LogP contribution >= 0.6 is 11.6 Å². The lowest BCUT2D eigenvalue weighted by molar-refractivity contribution is 0.209. The van der Waals surface area contributed by atoms with E-state index in [4.69, 9.17) is 16.9 Å². The molecule has 1 fully saturated rings. The number of pyridine rings is 1. The Morgan fingerprint density at radius 1 is 1.28 bits per heavy atom. The van der Waals surface area contributed by atoms with Gasteiger partial charge in [-0.1, -0.05) is 11.6 Å². The fraction of sp³-hybridized carbons (Fsp3) is 0.538. The molecule has 96 valence electrons. The molecule has 1 aliphatic heterocycles. The first kappa shape index (κ1) is 13.1. The normalized spacial score (nSPS) is 16.9. The maximum Gasteiger partial charge on any atom is 0.132 e. The van der Waals surface area contributed by atoms with Gasteiger partial charge < -0.3 is 4.90 Å². The van der Waals surface area contributed by atoms with E-state index in [-0.39, 0.29) is 0 Å². The van der Waals surface area contributed by atoms with Crippen molar-refractivity contribution in [3.63, 3.8) is 0 Å². The molecule has 0 aliphatic carbocycles. The number of hydrogen-bond acceptors (Lipinski definition) is 4. The van der Waals surface area contributed by atoms with E-state index in [0.717, 1.165) is 32.0 Å². The summed E-state index contributed by atoms with van der Waals surface area (Å²) in [5.41, 5.74) is 0.566. The molecular weight excluding hydrogens is 248 g/mol. The zero-order valence-corrected chi connectivity index (χ0v) is 11.5. The highest BCUT2D eigenvalue weighted by Crippen LogP contribution is 2.19. The van der Waals surface area contributed by atoms with Gasteiger partial charge in [0.15, 0.2) is 0 Å². The van der Waals surface area contributed by atoms with Crippen LogP contribution < -0.4 is 4.90 Å². The maximum absolute atomic E-state index is 8.94. The summed E-state index contributed by atoms with van der Waals surface area (Å²) >= 11 is 5.93. The van der Waals surface area contributed by atoms with Crippen molar-refractivity contribution >= 4 is 17.4 Å². The summed E-state index contributed by atoms with van der Waals surface area (Å²) in [6.07, 6.45) is 0. The van der Waals surface area contributed by atoms with Gasteiger partial charge in [-0.2, -0.15) is 5.26 Å². The van der Waals surface area contributed by atoms with Crippen LogP contribution in [0.5, 0.6) is 0 Å². The average Bonchev–Trinajstić information content (AvgIpc) is 2.38. The summed E-state index contributed by atoms with van der Waals surface area (Å²) in [7, 11) is 0. The van der Waals surface area contributed by atoms with Crippen LogP contribution in [0.1, 0.15) is 19.4 Å². The predicted molar refractivity (Wildman–Crippen MR) is 72.9 cm³/mol. The Balaban J connectivity index is 2.10. The third kappa shape index (κ3) is 2.92. The molecule has 4 nitrogen and oxygen atoms in total. The first-order valence-electron chi connectivity index (χ1n) is 6.17. The van der Waals surface area contributed by atoms with Crippen molar-refractivity contribution in [1.29, 1.82) is 5.26 Å². The van der Waals surface area contributed by atoms with Crippen molar-refractivity contribution in [2.75, 3.05) is 31.1 Å². The molecule has 2 rings (SSSR count). The molecule has 1 aromatic heterocycles. The van der Waals surface area contributed by atoms with Gasteiger partial charge in [0.2, 0.25) is 0 Å². The van der Waals surface area contributed by atoms with Crippen LogP contribution in [0, 0.1) is 11.3 Å². The summed E-state index contributed by atoms with van der Waals surface area (Å²) in [5.74, 6) is 0.808. The molecule has 1 aliphatic rings. The average molecular weight is 265 g/mol. The van der Waals surface area contributed by atoms with Crippen molar-refractivity contribution < 1.29 is 0 Å². The minimum Gasteiger partial charge on any atom is -0.354 e. The van der Waals surface area contributed by atoms with Crippen LogP contribution in [0.15, 0.2) is 12.1 Å². The minimum absolute atomic E-state index is 0.385. The largest absolute Gasteiger partial charge is 0.354 e. The third-order valence-corrected chi connectivity index (χ3v) is 3.47. The fourth-order valence-corrected chi connectivity index (χ4v) is 2.38. The molecule has 1 saturated heterocycles. The van der Waals surface area contributed by atoms with E-state index in [2.05, 4.69) is 34.7 Å². The summed E-state index contributed by atoms with van der Waals surface area (Å²) < 4.78 is 0. The van der Waals surface area contributed by atoms with E-state index < -0.39 is 0 Å². The molecule has 0 atom stereocenters. The second kappa shape index (κ2) is 5.55. The Labute approximate surface area is 113 Å². The van der Waals surface area contributed by atoms with Gasteiger partial charge in [-0.15, -0.1) is 0 Å². The maximum atomic E-state index is 8.94. The SMILES string of the molecule is CC(C)N1CCN(c2cc(C#N)cc(Cl)n2)CC1. The number of piperazine rings is 1. The second-order valence-electron chi connectivity index (χ2n) is 4.77. The lowest BCUT2D eigenvalue weighted by Gasteiger charge is -2.37. The molecule has 0 spiro atoms. The Hall–Kier alpha value is -1.31. The molecule has 0 bridgehead atoms. The van der Waals surface area contributed by atoms with Gasteiger partial charge in [0.1, 0.15) is 11.0 Å². The van der Waals surface area contributed by atoms with Crippen LogP contribution in [0.3, 0.4) is 0 Å². The standard InChI is InChI=1S/C13H17ClN4/c1-10(2)17-3-5-18(6-4-17)13-8-11(9-15)7-12(14)16-13/h7-8,10H,3-6H2,1-2H3. The molecular formula is C13H17ClN4. The van der Waals surface area contributed by atoms with Crippen molar-refractivity contribution in [2.45, 2.75) is 19.9 Å². The van der Waals surface area contributed by atoms with Crippen LogP contribution in [-0.2, 0) is 0 Å². The number of halogens is 1. The van der Waals surface area contributed by atoms with E-state index in [1.54, 1.807) is 12.1 Å². The van der Waals surface area contributed by atoms with Crippen LogP contribution in [0.4, 0.5) is 5.82 Å². The highest BCUT2D eigenvalue weighted by molar-refractivity contribution is 6.29. The highest BCUT2D eigenvalue weighted by atomic mass is 35.5. The predicted octanol–water partition coefficient (Wildman–Crippen LogP) is 2.14. The quantitative estimate of drug-likeness (QED) is 0.768. The third-order valence-electron chi connectivity index (χ3n) is 3.28. The summed E-state index contributed by atoms with van der Waals surface area (Å²) in [4.78, 5) is 8.92.